The molecule has 24 heavy (non-hydrogen) atoms. The lowest BCUT2D eigenvalue weighted by Crippen LogP contribution is -2.33. The van der Waals surface area contributed by atoms with Crippen LogP contribution < -0.4 is 16.0 Å². The number of para-hydroxylation sites is 1. The molecule has 0 saturated carbocycles. The summed E-state index contributed by atoms with van der Waals surface area (Å²) in [5.74, 6) is -0.770. The summed E-state index contributed by atoms with van der Waals surface area (Å²) in [4.78, 5) is 28.1. The third-order valence-electron chi connectivity index (χ3n) is 3.37. The number of aliphatic imine (C=N–C) groups is 1. The number of carbonyl (C=O) groups excluding carboxylic acids is 2. The van der Waals surface area contributed by atoms with Crippen LogP contribution in [0.4, 0.5) is 15.8 Å². The van der Waals surface area contributed by atoms with Crippen LogP contribution in [0.5, 0.6) is 0 Å². The largest absolute Gasteiger partial charge is 0.326 e. The zero-order valence-corrected chi connectivity index (χ0v) is 12.6. The van der Waals surface area contributed by atoms with Crippen LogP contribution in [0, 0.1) is 5.82 Å². The van der Waals surface area contributed by atoms with E-state index < -0.39 is 6.04 Å². The van der Waals surface area contributed by atoms with Crippen molar-refractivity contribution < 1.29 is 14.0 Å². The van der Waals surface area contributed by atoms with Gasteiger partial charge in [0.1, 0.15) is 11.9 Å². The summed E-state index contributed by atoms with van der Waals surface area (Å²) < 4.78 is 12.9. The van der Waals surface area contributed by atoms with Crippen molar-refractivity contribution in [2.45, 2.75) is 12.5 Å². The average Bonchev–Trinajstić information content (AvgIpc) is 2.90. The first-order chi connectivity index (χ1) is 11.6. The fourth-order valence-electron chi connectivity index (χ4n) is 2.23. The van der Waals surface area contributed by atoms with E-state index in [0.29, 0.717) is 11.4 Å². The highest BCUT2D eigenvalue weighted by Gasteiger charge is 2.28. The Kier molecular flexibility index (Phi) is 4.51. The zero-order valence-electron chi connectivity index (χ0n) is 12.6. The summed E-state index contributed by atoms with van der Waals surface area (Å²) in [5, 5.41) is 8.14. The first-order valence-corrected chi connectivity index (χ1v) is 7.36. The van der Waals surface area contributed by atoms with E-state index >= 15 is 0 Å². The summed E-state index contributed by atoms with van der Waals surface area (Å²) in [7, 11) is 0. The van der Waals surface area contributed by atoms with Crippen molar-refractivity contribution in [3.8, 4) is 0 Å². The predicted octanol–water partition coefficient (Wildman–Crippen LogP) is 2.12. The molecule has 0 unspecified atom stereocenters. The first kappa shape index (κ1) is 15.7. The molecule has 1 aliphatic rings. The van der Waals surface area contributed by atoms with Gasteiger partial charge in [-0.25, -0.2) is 9.38 Å². The number of halogens is 1. The molecule has 0 spiro atoms. The highest BCUT2D eigenvalue weighted by atomic mass is 19.1. The monoisotopic (exact) mass is 326 g/mol. The van der Waals surface area contributed by atoms with E-state index in [9.17, 15) is 14.0 Å². The molecule has 0 aromatic heterocycles. The quantitative estimate of drug-likeness (QED) is 0.805. The number of rotatable bonds is 4. The van der Waals surface area contributed by atoms with Gasteiger partial charge in [-0.15, -0.1) is 0 Å². The van der Waals surface area contributed by atoms with E-state index in [2.05, 4.69) is 20.9 Å². The van der Waals surface area contributed by atoms with Gasteiger partial charge in [0.25, 0.3) is 5.91 Å². The highest BCUT2D eigenvalue weighted by Crippen LogP contribution is 2.12. The van der Waals surface area contributed by atoms with Crippen LogP contribution in [0.25, 0.3) is 0 Å². The van der Waals surface area contributed by atoms with Gasteiger partial charge in [0, 0.05) is 11.4 Å². The Morgan fingerprint density at radius 2 is 1.79 bits per heavy atom. The minimum absolute atomic E-state index is 0.0602. The second-order valence-electron chi connectivity index (χ2n) is 5.23. The number of carbonyl (C=O) groups is 2. The molecule has 6 nitrogen and oxygen atoms in total. The lowest BCUT2D eigenvalue weighted by molar-refractivity contribution is -0.123. The van der Waals surface area contributed by atoms with Crippen LogP contribution in [0.3, 0.4) is 0 Å². The summed E-state index contributed by atoms with van der Waals surface area (Å²) in [6, 6.07) is 13.8. The molecular weight excluding hydrogens is 311 g/mol. The van der Waals surface area contributed by atoms with Crippen LogP contribution in [-0.2, 0) is 9.59 Å². The van der Waals surface area contributed by atoms with Crippen LogP contribution in [0.15, 0.2) is 59.6 Å². The Morgan fingerprint density at radius 1 is 1.08 bits per heavy atom. The molecule has 0 fully saturated rings. The third kappa shape index (κ3) is 3.95. The topological polar surface area (TPSA) is 82.6 Å². The number of amides is 2. The number of hydrogen-bond donors (Lipinski definition) is 3. The molecule has 0 saturated heterocycles. The molecule has 3 rings (SSSR count). The van der Waals surface area contributed by atoms with Gasteiger partial charge in [-0.3, -0.25) is 14.9 Å². The number of guanidine groups is 1. The summed E-state index contributed by atoms with van der Waals surface area (Å²) in [6.45, 7) is 0. The maximum atomic E-state index is 12.9. The molecule has 3 N–H and O–H groups in total. The average molecular weight is 326 g/mol. The minimum atomic E-state index is -0.795. The smallest absolute Gasteiger partial charge is 0.252 e. The molecule has 0 radical (unpaired) electrons. The molecule has 2 amide bonds. The Morgan fingerprint density at radius 3 is 2.50 bits per heavy atom. The van der Waals surface area contributed by atoms with Gasteiger partial charge in [0.15, 0.2) is 0 Å². The Hall–Kier alpha value is -3.22. The standard InChI is InChI=1S/C17H15FN4O2/c18-11-6-8-13(9-7-11)20-17-21-14(16(24)22-17)10-15(23)19-12-4-2-1-3-5-12/h1-9,14H,10H2,(H,19,23)(H2,20,21,22,24)/t14-/m0/s1. The third-order valence-corrected chi connectivity index (χ3v) is 3.37. The fourth-order valence-corrected chi connectivity index (χ4v) is 2.23. The second kappa shape index (κ2) is 6.91. The molecule has 7 heteroatoms. The summed E-state index contributed by atoms with van der Waals surface area (Å²) >= 11 is 0. The van der Waals surface area contributed by atoms with E-state index in [0.717, 1.165) is 0 Å². The lowest BCUT2D eigenvalue weighted by Gasteiger charge is -2.06. The lowest BCUT2D eigenvalue weighted by atomic mass is 10.2. The van der Waals surface area contributed by atoms with E-state index in [1.54, 1.807) is 24.3 Å². The van der Waals surface area contributed by atoms with Gasteiger partial charge in [0.2, 0.25) is 11.9 Å². The van der Waals surface area contributed by atoms with Gasteiger partial charge in [-0.05, 0) is 36.4 Å². The molecule has 1 heterocycles. The molecule has 1 atom stereocenters. The molecule has 0 aliphatic carbocycles. The van der Waals surface area contributed by atoms with Crippen molar-refractivity contribution in [1.29, 1.82) is 0 Å². The number of nitrogens with zero attached hydrogens (tertiary/aromatic N) is 1. The van der Waals surface area contributed by atoms with Crippen LogP contribution in [0.2, 0.25) is 0 Å². The van der Waals surface area contributed by atoms with Gasteiger partial charge >= 0.3 is 0 Å². The van der Waals surface area contributed by atoms with Crippen LogP contribution in [0.1, 0.15) is 6.42 Å². The molecule has 1 aliphatic heterocycles. The number of hydrogen-bond acceptors (Lipinski definition) is 4. The number of nitrogens with one attached hydrogen (secondary N) is 3. The van der Waals surface area contributed by atoms with Crippen LogP contribution >= 0.6 is 0 Å². The maximum Gasteiger partial charge on any atom is 0.252 e. The number of benzene rings is 2. The predicted molar refractivity (Wildman–Crippen MR) is 89.1 cm³/mol. The maximum absolute atomic E-state index is 12.9. The summed E-state index contributed by atoms with van der Waals surface area (Å²) in [6.07, 6.45) is -0.0602. The van der Waals surface area contributed by atoms with Crippen molar-refractivity contribution >= 4 is 29.1 Å². The Bertz CT molecular complexity index is 775. The molecule has 2 aromatic rings. The van der Waals surface area contributed by atoms with E-state index in [-0.39, 0.29) is 30.0 Å². The van der Waals surface area contributed by atoms with Crippen molar-refractivity contribution in [3.05, 3.63) is 60.4 Å². The van der Waals surface area contributed by atoms with Crippen molar-refractivity contribution in [2.75, 3.05) is 10.6 Å². The van der Waals surface area contributed by atoms with E-state index in [1.165, 1.54) is 24.3 Å². The van der Waals surface area contributed by atoms with Crippen molar-refractivity contribution in [1.82, 2.24) is 5.32 Å². The minimum Gasteiger partial charge on any atom is -0.326 e. The van der Waals surface area contributed by atoms with E-state index in [4.69, 9.17) is 0 Å². The van der Waals surface area contributed by atoms with Crippen LogP contribution in [-0.4, -0.2) is 23.8 Å². The van der Waals surface area contributed by atoms with Gasteiger partial charge in [-0.1, -0.05) is 18.2 Å². The van der Waals surface area contributed by atoms with Crippen molar-refractivity contribution in [3.63, 3.8) is 0 Å². The molecule has 0 bridgehead atoms. The summed E-state index contributed by atoms with van der Waals surface area (Å²) in [5.41, 5.74) is 1.25. The highest BCUT2D eigenvalue weighted by molar-refractivity contribution is 6.11. The fraction of sp³-hybridized carbons (Fsp3) is 0.118. The van der Waals surface area contributed by atoms with Gasteiger partial charge in [0.05, 0.1) is 6.42 Å². The van der Waals surface area contributed by atoms with Gasteiger partial charge in [-0.2, -0.15) is 0 Å². The second-order valence-corrected chi connectivity index (χ2v) is 5.23. The van der Waals surface area contributed by atoms with E-state index in [1.807, 2.05) is 6.07 Å². The first-order valence-electron chi connectivity index (χ1n) is 7.36. The van der Waals surface area contributed by atoms with Gasteiger partial charge < -0.3 is 10.6 Å². The molecular formula is C17H15FN4O2. The Balaban J connectivity index is 1.59. The molecule has 122 valence electrons. The normalized spacial score (nSPS) is 16.3. The SMILES string of the molecule is O=C(C[C@@H]1N=C(Nc2ccc(F)cc2)NC1=O)Nc1ccccc1. The zero-order chi connectivity index (χ0) is 16.9. The number of anilines is 2. The molecule has 2 aromatic carbocycles. The van der Waals surface area contributed by atoms with Crippen molar-refractivity contribution in [2.24, 2.45) is 4.99 Å². The Labute approximate surface area is 137 Å².